The Hall–Kier alpha value is -1.67. The average Bonchev–Trinajstić information content (AvgIpc) is 2.47. The third-order valence-corrected chi connectivity index (χ3v) is 5.04. The van der Waals surface area contributed by atoms with Crippen molar-refractivity contribution in [3.05, 3.63) is 30.1 Å². The first kappa shape index (κ1) is 16.7. The van der Waals surface area contributed by atoms with Crippen LogP contribution in [0.15, 0.2) is 24.4 Å². The number of carbonyl (C=O) groups excluding carboxylic acids is 1. The molecule has 0 spiro atoms. The molecule has 7 nitrogen and oxygen atoms in total. The Morgan fingerprint density at radius 1 is 1.36 bits per heavy atom. The van der Waals surface area contributed by atoms with E-state index in [1.807, 2.05) is 25.1 Å². The molecule has 1 fully saturated rings. The number of nitrogens with one attached hydrogen (secondary N) is 2. The number of nitrogens with zero attached hydrogens (tertiary/aromatic N) is 2. The summed E-state index contributed by atoms with van der Waals surface area (Å²) in [6, 6.07) is 5.11. The molecule has 0 radical (unpaired) electrons. The van der Waals surface area contributed by atoms with Crippen LogP contribution in [0.4, 0.5) is 4.79 Å². The minimum Gasteiger partial charge on any atom is -0.335 e. The van der Waals surface area contributed by atoms with Gasteiger partial charge in [0.05, 0.1) is 18.0 Å². The lowest BCUT2D eigenvalue weighted by Gasteiger charge is -2.30. The normalized spacial score (nSPS) is 18.6. The standard InChI is InChI=1S/C14H22N4O3S/c1-11(13-5-3-4-8-15-13)16-14(19)17-12-6-9-18(10-7-12)22(2,20)21/h3-5,8,11-12H,6-7,9-10H2,1-2H3,(H2,16,17,19). The van der Waals surface area contributed by atoms with Crippen LogP contribution in [-0.4, -0.2) is 49.1 Å². The Labute approximate surface area is 131 Å². The van der Waals surface area contributed by atoms with Gasteiger partial charge in [-0.1, -0.05) is 6.07 Å². The second-order valence-corrected chi connectivity index (χ2v) is 7.51. The highest BCUT2D eigenvalue weighted by Gasteiger charge is 2.26. The second kappa shape index (κ2) is 7.06. The van der Waals surface area contributed by atoms with Crippen LogP contribution in [0.2, 0.25) is 0 Å². The Kier molecular flexibility index (Phi) is 5.36. The maximum atomic E-state index is 12.0. The van der Waals surface area contributed by atoms with Crippen molar-refractivity contribution < 1.29 is 13.2 Å². The molecule has 0 aliphatic carbocycles. The van der Waals surface area contributed by atoms with Gasteiger partial charge in [-0.15, -0.1) is 0 Å². The van der Waals surface area contributed by atoms with Crippen molar-refractivity contribution in [2.24, 2.45) is 0 Å². The lowest BCUT2D eigenvalue weighted by Crippen LogP contribution is -2.49. The van der Waals surface area contributed by atoms with E-state index in [2.05, 4.69) is 15.6 Å². The molecule has 1 aromatic rings. The molecule has 122 valence electrons. The SMILES string of the molecule is CC(NC(=O)NC1CCN(S(C)(=O)=O)CC1)c1ccccn1. The minimum absolute atomic E-state index is 0.00562. The van der Waals surface area contributed by atoms with Crippen molar-refractivity contribution in [2.45, 2.75) is 31.8 Å². The smallest absolute Gasteiger partial charge is 0.315 e. The first-order chi connectivity index (χ1) is 10.4. The predicted octanol–water partition coefficient (Wildman–Crippen LogP) is 0.866. The van der Waals surface area contributed by atoms with Gasteiger partial charge in [0.15, 0.2) is 0 Å². The largest absolute Gasteiger partial charge is 0.335 e. The number of rotatable bonds is 4. The molecule has 2 amide bonds. The van der Waals surface area contributed by atoms with E-state index in [-0.39, 0.29) is 18.1 Å². The van der Waals surface area contributed by atoms with E-state index in [1.165, 1.54) is 10.6 Å². The summed E-state index contributed by atoms with van der Waals surface area (Å²) in [5.74, 6) is 0. The molecule has 1 aliphatic rings. The molecule has 0 aromatic carbocycles. The fourth-order valence-electron chi connectivity index (χ4n) is 2.46. The molecule has 22 heavy (non-hydrogen) atoms. The van der Waals surface area contributed by atoms with Crippen LogP contribution < -0.4 is 10.6 Å². The zero-order valence-corrected chi connectivity index (χ0v) is 13.6. The highest BCUT2D eigenvalue weighted by atomic mass is 32.2. The van der Waals surface area contributed by atoms with Gasteiger partial charge < -0.3 is 10.6 Å². The maximum absolute atomic E-state index is 12.0. The number of amides is 2. The van der Waals surface area contributed by atoms with E-state index >= 15 is 0 Å². The van der Waals surface area contributed by atoms with E-state index in [4.69, 9.17) is 0 Å². The molecule has 2 N–H and O–H groups in total. The lowest BCUT2D eigenvalue weighted by atomic mass is 10.1. The van der Waals surface area contributed by atoms with E-state index in [0.717, 1.165) is 5.69 Å². The minimum atomic E-state index is -3.14. The number of hydrogen-bond acceptors (Lipinski definition) is 4. The van der Waals surface area contributed by atoms with Gasteiger partial charge in [0.1, 0.15) is 0 Å². The van der Waals surface area contributed by atoms with Crippen LogP contribution >= 0.6 is 0 Å². The maximum Gasteiger partial charge on any atom is 0.315 e. The van der Waals surface area contributed by atoms with Crippen molar-refractivity contribution >= 4 is 16.1 Å². The van der Waals surface area contributed by atoms with Crippen LogP contribution in [0.1, 0.15) is 31.5 Å². The summed E-state index contributed by atoms with van der Waals surface area (Å²) in [7, 11) is -3.14. The third kappa shape index (κ3) is 4.67. The van der Waals surface area contributed by atoms with E-state index < -0.39 is 10.0 Å². The fourth-order valence-corrected chi connectivity index (χ4v) is 3.34. The number of sulfonamides is 1. The van der Waals surface area contributed by atoms with Crippen molar-refractivity contribution in [1.29, 1.82) is 0 Å². The summed E-state index contributed by atoms with van der Waals surface area (Å²) in [5, 5.41) is 5.73. The summed E-state index contributed by atoms with van der Waals surface area (Å²) < 4.78 is 24.3. The van der Waals surface area contributed by atoms with Gasteiger partial charge in [-0.25, -0.2) is 17.5 Å². The Bertz CT molecular complexity index is 598. The fraction of sp³-hybridized carbons (Fsp3) is 0.571. The number of carbonyl (C=O) groups is 1. The number of hydrogen-bond donors (Lipinski definition) is 2. The van der Waals surface area contributed by atoms with Gasteiger partial charge in [-0.05, 0) is 31.9 Å². The third-order valence-electron chi connectivity index (χ3n) is 3.74. The molecule has 0 bridgehead atoms. The molecule has 0 saturated carbocycles. The van der Waals surface area contributed by atoms with Crippen molar-refractivity contribution in [2.75, 3.05) is 19.3 Å². The molecule has 1 saturated heterocycles. The van der Waals surface area contributed by atoms with Crippen LogP contribution in [0, 0.1) is 0 Å². The highest BCUT2D eigenvalue weighted by molar-refractivity contribution is 7.88. The summed E-state index contributed by atoms with van der Waals surface area (Å²) in [6.07, 6.45) is 4.14. The van der Waals surface area contributed by atoms with Crippen LogP contribution in [0.5, 0.6) is 0 Å². The van der Waals surface area contributed by atoms with E-state index in [9.17, 15) is 13.2 Å². The molecule has 1 atom stereocenters. The van der Waals surface area contributed by atoms with Crippen LogP contribution in [-0.2, 0) is 10.0 Å². The zero-order valence-electron chi connectivity index (χ0n) is 12.8. The first-order valence-electron chi connectivity index (χ1n) is 7.29. The highest BCUT2D eigenvalue weighted by Crippen LogP contribution is 2.13. The van der Waals surface area contributed by atoms with Gasteiger partial charge in [-0.3, -0.25) is 4.98 Å². The summed E-state index contributed by atoms with van der Waals surface area (Å²) >= 11 is 0. The molecule has 8 heteroatoms. The molecule has 1 aliphatic heterocycles. The number of piperidine rings is 1. The molecular formula is C14H22N4O3S. The van der Waals surface area contributed by atoms with Crippen molar-refractivity contribution in [1.82, 2.24) is 19.9 Å². The summed E-state index contributed by atoms with van der Waals surface area (Å²) in [4.78, 5) is 16.2. The molecule has 1 unspecified atom stereocenters. The van der Waals surface area contributed by atoms with Gasteiger partial charge in [0.25, 0.3) is 0 Å². The van der Waals surface area contributed by atoms with Crippen molar-refractivity contribution in [3.63, 3.8) is 0 Å². The van der Waals surface area contributed by atoms with E-state index in [1.54, 1.807) is 6.20 Å². The van der Waals surface area contributed by atoms with Crippen LogP contribution in [0.25, 0.3) is 0 Å². The molecular weight excluding hydrogens is 304 g/mol. The molecule has 2 rings (SSSR count). The van der Waals surface area contributed by atoms with Crippen molar-refractivity contribution in [3.8, 4) is 0 Å². The first-order valence-corrected chi connectivity index (χ1v) is 9.14. The number of aromatic nitrogens is 1. The number of pyridine rings is 1. The van der Waals surface area contributed by atoms with Gasteiger partial charge in [0.2, 0.25) is 10.0 Å². The number of urea groups is 1. The van der Waals surface area contributed by atoms with Crippen LogP contribution in [0.3, 0.4) is 0 Å². The van der Waals surface area contributed by atoms with E-state index in [0.29, 0.717) is 25.9 Å². The van der Waals surface area contributed by atoms with Gasteiger partial charge in [-0.2, -0.15) is 0 Å². The summed E-state index contributed by atoms with van der Waals surface area (Å²) in [6.45, 7) is 2.76. The zero-order chi connectivity index (χ0) is 16.2. The van der Waals surface area contributed by atoms with Gasteiger partial charge in [0, 0.05) is 25.3 Å². The molecule has 1 aromatic heterocycles. The Morgan fingerprint density at radius 2 is 2.05 bits per heavy atom. The second-order valence-electron chi connectivity index (χ2n) is 5.53. The quantitative estimate of drug-likeness (QED) is 0.859. The monoisotopic (exact) mass is 326 g/mol. The summed E-state index contributed by atoms with van der Waals surface area (Å²) in [5.41, 5.74) is 0.796. The Morgan fingerprint density at radius 3 is 2.59 bits per heavy atom. The Balaban J connectivity index is 1.79. The topological polar surface area (TPSA) is 91.4 Å². The lowest BCUT2D eigenvalue weighted by molar-refractivity contribution is 0.225. The van der Waals surface area contributed by atoms with Gasteiger partial charge >= 0.3 is 6.03 Å². The average molecular weight is 326 g/mol. The predicted molar refractivity (Wildman–Crippen MR) is 83.8 cm³/mol. The molecule has 2 heterocycles.